The molecule has 1 unspecified atom stereocenters. The third-order valence-corrected chi connectivity index (χ3v) is 6.12. The van der Waals surface area contributed by atoms with E-state index >= 15 is 0 Å². The van der Waals surface area contributed by atoms with Crippen LogP contribution < -0.4 is 19.1 Å². The zero-order valence-corrected chi connectivity index (χ0v) is 16.2. The fourth-order valence-corrected chi connectivity index (χ4v) is 4.79. The first-order chi connectivity index (χ1) is 14.6. The van der Waals surface area contributed by atoms with Crippen molar-refractivity contribution >= 4 is 11.6 Å². The largest absolute Gasteiger partial charge is 0.491 e. The number of fused-ring (bicyclic) bond motifs is 5. The number of hydrogen-bond acceptors (Lipinski definition) is 5. The lowest BCUT2D eigenvalue weighted by Gasteiger charge is -2.23. The monoisotopic (exact) mass is 407 g/mol. The predicted molar refractivity (Wildman–Crippen MR) is 105 cm³/mol. The minimum atomic E-state index is -0.966. The van der Waals surface area contributed by atoms with Crippen LogP contribution in [0, 0.1) is 6.92 Å². The molecule has 3 aliphatic heterocycles. The molecular weight excluding hydrogens is 389 g/mol. The molecule has 0 aliphatic carbocycles. The molecule has 2 aromatic carbocycles. The summed E-state index contributed by atoms with van der Waals surface area (Å²) >= 11 is 0. The van der Waals surface area contributed by atoms with Gasteiger partial charge in [-0.05, 0) is 36.8 Å². The average Bonchev–Trinajstić information content (AvgIpc) is 3.51. The van der Waals surface area contributed by atoms with E-state index in [1.54, 1.807) is 23.1 Å². The molecule has 6 rings (SSSR count). The number of anilines is 1. The molecule has 0 N–H and O–H groups in total. The third kappa shape index (κ3) is 2.15. The molecule has 1 amide bonds. The van der Waals surface area contributed by atoms with Crippen molar-refractivity contribution in [2.75, 3.05) is 18.3 Å². The van der Waals surface area contributed by atoms with Crippen molar-refractivity contribution in [3.63, 3.8) is 0 Å². The Morgan fingerprint density at radius 3 is 2.63 bits per heavy atom. The number of halogens is 1. The van der Waals surface area contributed by atoms with E-state index in [0.29, 0.717) is 23.0 Å². The summed E-state index contributed by atoms with van der Waals surface area (Å²) in [5, 5.41) is 0. The number of furan rings is 1. The van der Waals surface area contributed by atoms with Crippen molar-refractivity contribution in [1.82, 2.24) is 0 Å². The Morgan fingerprint density at radius 2 is 1.83 bits per heavy atom. The van der Waals surface area contributed by atoms with Gasteiger partial charge in [-0.2, -0.15) is 0 Å². The fourth-order valence-electron chi connectivity index (χ4n) is 4.79. The molecule has 3 aliphatic rings. The highest BCUT2D eigenvalue weighted by Gasteiger charge is 2.58. The van der Waals surface area contributed by atoms with Gasteiger partial charge in [0.15, 0.2) is 11.5 Å². The van der Waals surface area contributed by atoms with Gasteiger partial charge in [-0.3, -0.25) is 4.79 Å². The molecule has 0 saturated carbocycles. The first-order valence-electron chi connectivity index (χ1n) is 9.74. The van der Waals surface area contributed by atoms with Gasteiger partial charge in [-0.1, -0.05) is 12.1 Å². The van der Waals surface area contributed by atoms with E-state index in [1.807, 2.05) is 31.2 Å². The number of benzene rings is 2. The lowest BCUT2D eigenvalue weighted by atomic mass is 9.75. The normalized spacial score (nSPS) is 20.6. The van der Waals surface area contributed by atoms with Gasteiger partial charge >= 0.3 is 0 Å². The second kappa shape index (κ2) is 6.01. The lowest BCUT2D eigenvalue weighted by Crippen LogP contribution is -2.42. The summed E-state index contributed by atoms with van der Waals surface area (Å²) in [7, 11) is 0. The van der Waals surface area contributed by atoms with E-state index < -0.39 is 12.1 Å². The topological polar surface area (TPSA) is 61.1 Å². The highest BCUT2D eigenvalue weighted by atomic mass is 19.1. The summed E-state index contributed by atoms with van der Waals surface area (Å²) in [6.45, 7) is 1.89. The SMILES string of the molecule is Cc1cccc2c1C1(COc3cc4c(cc31)OCO4)C(=O)N2Cc1ccc(CF)o1. The standard InChI is InChI=1S/C23H18FNO5/c1-13-3-2-4-17-21(13)23(22(26)25(17)10-15-6-5-14(9-24)30-15)11-27-18-8-20-19(7-16(18)23)28-12-29-20/h2-8H,9-12H2,1H3. The Kier molecular flexibility index (Phi) is 3.48. The van der Waals surface area contributed by atoms with Crippen LogP contribution in [0.25, 0.3) is 0 Å². The van der Waals surface area contributed by atoms with E-state index in [1.165, 1.54) is 0 Å². The van der Waals surface area contributed by atoms with Crippen molar-refractivity contribution < 1.29 is 27.8 Å². The molecule has 0 fully saturated rings. The molecule has 152 valence electrons. The van der Waals surface area contributed by atoms with Gasteiger partial charge in [0.05, 0.1) is 6.54 Å². The lowest BCUT2D eigenvalue weighted by molar-refractivity contribution is -0.122. The Labute approximate surface area is 171 Å². The number of carbonyl (C=O) groups excluding carboxylic acids is 1. The smallest absolute Gasteiger partial charge is 0.246 e. The fraction of sp³-hybridized carbons (Fsp3) is 0.261. The first kappa shape index (κ1) is 17.4. The molecule has 3 aromatic rings. The second-order valence-electron chi connectivity index (χ2n) is 7.76. The van der Waals surface area contributed by atoms with Crippen LogP contribution in [0.5, 0.6) is 17.2 Å². The van der Waals surface area contributed by atoms with Gasteiger partial charge in [-0.25, -0.2) is 4.39 Å². The zero-order valence-electron chi connectivity index (χ0n) is 16.2. The molecule has 0 bridgehead atoms. The van der Waals surface area contributed by atoms with Crippen molar-refractivity contribution in [2.24, 2.45) is 0 Å². The molecule has 6 nitrogen and oxygen atoms in total. The number of nitrogens with zero attached hydrogens (tertiary/aromatic N) is 1. The molecule has 0 saturated heterocycles. The second-order valence-corrected chi connectivity index (χ2v) is 7.76. The summed E-state index contributed by atoms with van der Waals surface area (Å²) in [4.78, 5) is 15.6. The highest BCUT2D eigenvalue weighted by Crippen LogP contribution is 2.56. The maximum absolute atomic E-state index is 13.9. The maximum Gasteiger partial charge on any atom is 0.246 e. The number of alkyl halides is 1. The first-order valence-corrected chi connectivity index (χ1v) is 9.74. The minimum absolute atomic E-state index is 0.0948. The summed E-state index contributed by atoms with van der Waals surface area (Å²) in [5.41, 5.74) is 2.55. The molecule has 1 aromatic heterocycles. The van der Waals surface area contributed by atoms with Crippen molar-refractivity contribution in [3.8, 4) is 17.2 Å². The van der Waals surface area contributed by atoms with Gasteiger partial charge in [-0.15, -0.1) is 0 Å². The summed E-state index contributed by atoms with van der Waals surface area (Å²) in [5.74, 6) is 2.54. The van der Waals surface area contributed by atoms with E-state index in [2.05, 4.69) is 0 Å². The van der Waals surface area contributed by atoms with Crippen LogP contribution in [0.4, 0.5) is 10.1 Å². The highest BCUT2D eigenvalue weighted by molar-refractivity contribution is 6.12. The number of ether oxygens (including phenoxy) is 3. The molecule has 1 atom stereocenters. The van der Waals surface area contributed by atoms with Gasteiger partial charge in [0.2, 0.25) is 12.7 Å². The van der Waals surface area contributed by atoms with Crippen LogP contribution in [0.3, 0.4) is 0 Å². The number of aryl methyl sites for hydroxylation is 1. The van der Waals surface area contributed by atoms with E-state index in [-0.39, 0.29) is 31.6 Å². The van der Waals surface area contributed by atoms with Crippen molar-refractivity contribution in [2.45, 2.75) is 25.6 Å². The molecular formula is C23H18FNO5. The van der Waals surface area contributed by atoms with Gasteiger partial charge < -0.3 is 23.5 Å². The predicted octanol–water partition coefficient (Wildman–Crippen LogP) is 4.01. The maximum atomic E-state index is 13.9. The van der Waals surface area contributed by atoms with Crippen LogP contribution in [-0.2, 0) is 23.4 Å². The number of amides is 1. The molecule has 30 heavy (non-hydrogen) atoms. The zero-order chi connectivity index (χ0) is 20.5. The van der Waals surface area contributed by atoms with Crippen LogP contribution >= 0.6 is 0 Å². The summed E-state index contributed by atoms with van der Waals surface area (Å²) in [6.07, 6.45) is 0. The summed E-state index contributed by atoms with van der Waals surface area (Å²) in [6, 6.07) is 12.8. The van der Waals surface area contributed by atoms with Crippen molar-refractivity contribution in [1.29, 1.82) is 0 Å². The summed E-state index contributed by atoms with van der Waals surface area (Å²) < 4.78 is 35.5. The number of hydrogen-bond donors (Lipinski definition) is 0. The van der Waals surface area contributed by atoms with E-state index in [4.69, 9.17) is 18.6 Å². The molecule has 7 heteroatoms. The van der Waals surface area contributed by atoms with Crippen molar-refractivity contribution in [3.05, 3.63) is 70.7 Å². The Hall–Kier alpha value is -3.48. The quantitative estimate of drug-likeness (QED) is 0.657. The van der Waals surface area contributed by atoms with Crippen LogP contribution in [-0.4, -0.2) is 19.3 Å². The van der Waals surface area contributed by atoms with Gasteiger partial charge in [0, 0.05) is 22.9 Å². The molecule has 1 spiro atoms. The number of rotatable bonds is 3. The Morgan fingerprint density at radius 1 is 1.03 bits per heavy atom. The third-order valence-electron chi connectivity index (χ3n) is 6.12. The average molecular weight is 407 g/mol. The Balaban J connectivity index is 1.51. The van der Waals surface area contributed by atoms with Crippen LogP contribution in [0.15, 0.2) is 46.9 Å². The molecule has 0 radical (unpaired) electrons. The van der Waals surface area contributed by atoms with Gasteiger partial charge in [0.25, 0.3) is 0 Å². The molecule has 4 heterocycles. The minimum Gasteiger partial charge on any atom is -0.491 e. The van der Waals surface area contributed by atoms with Crippen LogP contribution in [0.1, 0.15) is 28.2 Å². The van der Waals surface area contributed by atoms with E-state index in [0.717, 1.165) is 22.4 Å². The Bertz CT molecular complexity index is 1200. The van der Waals surface area contributed by atoms with Gasteiger partial charge in [0.1, 0.15) is 36.0 Å². The van der Waals surface area contributed by atoms with E-state index in [9.17, 15) is 9.18 Å². The number of carbonyl (C=O) groups is 1. The van der Waals surface area contributed by atoms with Crippen LogP contribution in [0.2, 0.25) is 0 Å².